The first-order chi connectivity index (χ1) is 38.5. The van der Waals surface area contributed by atoms with Gasteiger partial charge >= 0.3 is 5.51 Å². The quantitative estimate of drug-likeness (QED) is 0.0404. The minimum absolute atomic E-state index is 0.00795. The molecule has 3 fully saturated rings. The zero-order chi connectivity index (χ0) is 57.7. The summed E-state index contributed by atoms with van der Waals surface area (Å²) < 4.78 is 115. The van der Waals surface area contributed by atoms with Crippen LogP contribution in [0.1, 0.15) is 85.5 Å². The Morgan fingerprint density at radius 2 is 1.51 bits per heavy atom. The number of nitrogens with zero attached hydrogens (tertiary/aromatic N) is 5. The van der Waals surface area contributed by atoms with E-state index in [1.165, 1.54) is 52.9 Å². The molecule has 1 aliphatic carbocycles. The van der Waals surface area contributed by atoms with Crippen molar-refractivity contribution >= 4 is 77.9 Å². The number of hydrogen-bond donors (Lipinski definition) is 3. The van der Waals surface area contributed by atoms with E-state index in [0.717, 1.165) is 61.6 Å². The number of carbonyl (C=O) groups is 3. The predicted molar refractivity (Wildman–Crippen MR) is 306 cm³/mol. The molecule has 3 N–H and O–H groups in total. The second-order valence-electron chi connectivity index (χ2n) is 21.9. The predicted octanol–water partition coefficient (Wildman–Crippen LogP) is 9.37. The van der Waals surface area contributed by atoms with E-state index in [1.807, 2.05) is 47.2 Å². The minimum Gasteiger partial charge on any atom is -0.380 e. The number of aromatic nitrogens is 1. The molecule has 3 amide bonds. The van der Waals surface area contributed by atoms with Gasteiger partial charge in [-0.15, -0.1) is 11.8 Å². The Morgan fingerprint density at radius 1 is 0.840 bits per heavy atom. The first-order valence-electron chi connectivity index (χ1n) is 26.9. The van der Waals surface area contributed by atoms with Crippen molar-refractivity contribution in [3.8, 4) is 0 Å². The molecule has 4 aliphatic rings. The van der Waals surface area contributed by atoms with E-state index in [0.29, 0.717) is 75.4 Å². The number of amides is 3. The fraction of sp³-hybridized carbons (Fsp3) is 0.414. The highest BCUT2D eigenvalue weighted by Gasteiger charge is 2.48. The Kier molecular flexibility index (Phi) is 18.7. The van der Waals surface area contributed by atoms with Gasteiger partial charge in [0.25, 0.3) is 25.8 Å². The lowest BCUT2D eigenvalue weighted by Gasteiger charge is -2.39. The van der Waals surface area contributed by atoms with Crippen molar-refractivity contribution in [1.29, 1.82) is 0 Å². The van der Waals surface area contributed by atoms with Crippen LogP contribution in [0.15, 0.2) is 130 Å². The van der Waals surface area contributed by atoms with Gasteiger partial charge in [-0.25, -0.2) is 25.9 Å². The van der Waals surface area contributed by atoms with Crippen molar-refractivity contribution in [3.05, 3.63) is 148 Å². The molecular weight excluding hydrogens is 1130 g/mol. The van der Waals surface area contributed by atoms with Crippen LogP contribution < -0.4 is 20.3 Å². The van der Waals surface area contributed by atoms with E-state index >= 15 is 4.39 Å². The van der Waals surface area contributed by atoms with Gasteiger partial charge in [0.05, 0.1) is 22.2 Å². The number of rotatable bonds is 19. The van der Waals surface area contributed by atoms with Gasteiger partial charge in [-0.1, -0.05) is 61.4 Å². The summed E-state index contributed by atoms with van der Waals surface area (Å²) in [6.45, 7) is 11.7. The molecule has 0 radical (unpaired) electrons. The number of carbonyl (C=O) groups excluding carboxylic acids is 3. The fourth-order valence-electron chi connectivity index (χ4n) is 10.9. The van der Waals surface area contributed by atoms with E-state index in [2.05, 4.69) is 61.2 Å². The summed E-state index contributed by atoms with van der Waals surface area (Å²) in [6, 6.07) is 26.7. The molecule has 23 heteroatoms. The SMILES string of the molecule is CC1(C)CCC(c2ccc(Cl)cc2)=C(CN2CCN(c3ccc(C(=O)NS(=O)(=O)c4ccc(N[C@H](CCN5CCN(Cc6cnc(C7CCC(=O)NC7=O)c(F)c6)CC5)CSc5ccccc5)c(S(=O)(=O)C(F)(F)F)c4)cc3)CC2)C1. The van der Waals surface area contributed by atoms with Crippen LogP contribution in [0.25, 0.3) is 5.57 Å². The summed E-state index contributed by atoms with van der Waals surface area (Å²) in [4.78, 5) is 49.3. The van der Waals surface area contributed by atoms with E-state index in [4.69, 9.17) is 11.6 Å². The smallest absolute Gasteiger partial charge is 0.380 e. The Hall–Kier alpha value is -5.88. The molecule has 5 aromatic rings. The third-order valence-electron chi connectivity index (χ3n) is 15.4. The molecule has 0 bridgehead atoms. The van der Waals surface area contributed by atoms with E-state index < -0.39 is 76.3 Å². The van der Waals surface area contributed by atoms with Crippen molar-refractivity contribution in [1.82, 2.24) is 29.7 Å². The molecule has 432 valence electrons. The van der Waals surface area contributed by atoms with Crippen molar-refractivity contribution in [2.45, 2.75) is 91.1 Å². The second-order valence-corrected chi connectivity index (χ2v) is 27.0. The number of benzene rings is 4. The van der Waals surface area contributed by atoms with Gasteiger partial charge in [0.1, 0.15) is 10.7 Å². The third kappa shape index (κ3) is 15.0. The van der Waals surface area contributed by atoms with E-state index in [-0.39, 0.29) is 35.3 Å². The summed E-state index contributed by atoms with van der Waals surface area (Å²) in [7, 11) is -11.1. The van der Waals surface area contributed by atoms with Crippen molar-refractivity contribution in [3.63, 3.8) is 0 Å². The Balaban J connectivity index is 0.829. The largest absolute Gasteiger partial charge is 0.501 e. The number of imide groups is 1. The van der Waals surface area contributed by atoms with Crippen LogP contribution in [-0.2, 0) is 36.0 Å². The lowest BCUT2D eigenvalue weighted by atomic mass is 9.73. The normalized spacial score (nSPS) is 19.3. The lowest BCUT2D eigenvalue weighted by molar-refractivity contribution is -0.134. The topological polar surface area (TPSA) is 181 Å². The molecule has 3 aliphatic heterocycles. The zero-order valence-electron chi connectivity index (χ0n) is 45.0. The van der Waals surface area contributed by atoms with Crippen LogP contribution in [0, 0.1) is 11.2 Å². The molecule has 4 aromatic carbocycles. The Bertz CT molecular complexity index is 3360. The summed E-state index contributed by atoms with van der Waals surface area (Å²) in [5.41, 5.74) is -0.663. The number of halogens is 5. The number of sulfone groups is 1. The highest BCUT2D eigenvalue weighted by atomic mass is 35.5. The first kappa shape index (κ1) is 59.7. The van der Waals surface area contributed by atoms with E-state index in [1.54, 1.807) is 12.1 Å². The first-order valence-corrected chi connectivity index (χ1v) is 31.3. The number of allylic oxidation sites excluding steroid dienone is 1. The van der Waals surface area contributed by atoms with Crippen LogP contribution in [0.2, 0.25) is 5.02 Å². The second kappa shape index (κ2) is 25.3. The van der Waals surface area contributed by atoms with Gasteiger partial charge in [-0.05, 0) is 127 Å². The standard InChI is InChI=1S/C58H65ClF4N8O7S3/c1-57(2)22-20-48(40-8-12-43(59)13-9-40)42(34-57)37-70-28-30-71(31-29-70)45-14-10-41(11-15-45)55(73)67-81(77,78)47-16-18-51(52(33-47)80(75,76)58(61,62)63)65-44(38-79-46-6-4-3-5-7-46)21-23-68-24-26-69(27-25-68)36-39-32-50(60)54(64-35-39)49-17-19-53(72)66-56(49)74/h3-16,18,32-33,35,44,49,65H,17,19-31,34,36-38H2,1-2H3,(H,67,73)(H,66,72,74)/t44-,49?/m1/s1. The minimum atomic E-state index is -6.15. The lowest BCUT2D eigenvalue weighted by Crippen LogP contribution is -2.47. The fourth-order valence-corrected chi connectivity index (χ4v) is 14.0. The van der Waals surface area contributed by atoms with Gasteiger partial charge in [-0.2, -0.15) is 13.2 Å². The molecule has 3 saturated heterocycles. The summed E-state index contributed by atoms with van der Waals surface area (Å²) in [5, 5.41) is 5.94. The summed E-state index contributed by atoms with van der Waals surface area (Å²) in [5.74, 6) is -3.23. The molecule has 1 aromatic heterocycles. The zero-order valence-corrected chi connectivity index (χ0v) is 48.2. The van der Waals surface area contributed by atoms with Crippen LogP contribution in [0.4, 0.5) is 28.9 Å². The van der Waals surface area contributed by atoms with Crippen LogP contribution in [0.5, 0.6) is 0 Å². The van der Waals surface area contributed by atoms with Gasteiger partial charge in [-0.3, -0.25) is 34.5 Å². The van der Waals surface area contributed by atoms with Gasteiger partial charge in [0, 0.05) is 118 Å². The molecule has 4 heterocycles. The molecule has 15 nitrogen and oxygen atoms in total. The summed E-state index contributed by atoms with van der Waals surface area (Å²) in [6.07, 6.45) is 5.24. The average molecular weight is 1190 g/mol. The van der Waals surface area contributed by atoms with E-state index in [9.17, 15) is 44.4 Å². The summed E-state index contributed by atoms with van der Waals surface area (Å²) >= 11 is 7.61. The number of nitrogens with one attached hydrogen (secondary N) is 3. The molecule has 0 saturated carbocycles. The number of piperazine rings is 2. The highest BCUT2D eigenvalue weighted by Crippen LogP contribution is 2.43. The Labute approximate surface area is 479 Å². The molecule has 1 unspecified atom stereocenters. The maximum absolute atomic E-state index is 15.2. The number of thioether (sulfide) groups is 1. The average Bonchev–Trinajstić information content (AvgIpc) is 3.54. The number of sulfonamides is 1. The van der Waals surface area contributed by atoms with Crippen molar-refractivity contribution in [2.75, 3.05) is 81.4 Å². The molecule has 81 heavy (non-hydrogen) atoms. The van der Waals surface area contributed by atoms with Crippen molar-refractivity contribution < 1.29 is 48.8 Å². The highest BCUT2D eigenvalue weighted by molar-refractivity contribution is 7.99. The molecular formula is C58H65ClF4N8O7S3. The Morgan fingerprint density at radius 3 is 2.17 bits per heavy atom. The number of piperidine rings is 1. The molecule has 0 spiro atoms. The van der Waals surface area contributed by atoms with Crippen LogP contribution >= 0.6 is 23.4 Å². The maximum atomic E-state index is 15.2. The maximum Gasteiger partial charge on any atom is 0.501 e. The van der Waals surface area contributed by atoms with Crippen LogP contribution in [0.3, 0.4) is 0 Å². The number of hydrogen-bond acceptors (Lipinski definition) is 14. The molecule has 2 atom stereocenters. The van der Waals surface area contributed by atoms with Crippen molar-refractivity contribution in [2.24, 2.45) is 5.41 Å². The number of pyridine rings is 1. The monoisotopic (exact) mass is 1190 g/mol. The van der Waals surface area contributed by atoms with Gasteiger partial charge < -0.3 is 15.1 Å². The third-order valence-corrected chi connectivity index (χ3v) is 19.7. The number of anilines is 2. The van der Waals surface area contributed by atoms with Gasteiger partial charge in [0.15, 0.2) is 0 Å². The van der Waals surface area contributed by atoms with Gasteiger partial charge in [0.2, 0.25) is 11.8 Å². The molecule has 9 rings (SSSR count). The van der Waals surface area contributed by atoms with Crippen LogP contribution in [-0.4, -0.2) is 137 Å². The number of alkyl halides is 3.